The van der Waals surface area contributed by atoms with Crippen LogP contribution in [0.3, 0.4) is 0 Å². The molecule has 0 saturated carbocycles. The SMILES string of the molecule is CCOc1ccc(CNC(=O)C2CCCN2S(=O)(=O)c2c(C)cc(C)cc2C)cc1OC. The number of aryl methyl sites for hydroxylation is 3. The molecular weight excluding hydrogens is 428 g/mol. The van der Waals surface area contributed by atoms with Crippen LogP contribution in [-0.4, -0.2) is 44.9 Å². The molecule has 0 aromatic heterocycles. The number of methoxy groups -OCH3 is 1. The van der Waals surface area contributed by atoms with Crippen molar-refractivity contribution in [1.82, 2.24) is 9.62 Å². The van der Waals surface area contributed by atoms with Crippen molar-refractivity contribution >= 4 is 15.9 Å². The van der Waals surface area contributed by atoms with Gasteiger partial charge in [0.05, 0.1) is 18.6 Å². The van der Waals surface area contributed by atoms with Gasteiger partial charge in [-0.05, 0) is 69.4 Å². The van der Waals surface area contributed by atoms with E-state index in [1.165, 1.54) is 4.31 Å². The Bertz CT molecular complexity index is 1070. The molecule has 1 heterocycles. The number of sulfonamides is 1. The van der Waals surface area contributed by atoms with E-state index < -0.39 is 16.1 Å². The number of ether oxygens (including phenoxy) is 2. The standard InChI is InChI=1S/C24H32N2O5S/c1-6-31-21-10-9-19(14-22(21)30-5)15-25-24(27)20-8-7-11-26(20)32(28,29)23-17(3)12-16(2)13-18(23)4/h9-10,12-14,20H,6-8,11,15H2,1-5H3,(H,25,27). The van der Waals surface area contributed by atoms with Gasteiger partial charge in [-0.3, -0.25) is 4.79 Å². The van der Waals surface area contributed by atoms with Gasteiger partial charge in [0.15, 0.2) is 11.5 Å². The molecule has 174 valence electrons. The molecule has 1 N–H and O–H groups in total. The minimum atomic E-state index is -3.78. The van der Waals surface area contributed by atoms with Crippen LogP contribution < -0.4 is 14.8 Å². The maximum Gasteiger partial charge on any atom is 0.244 e. The molecule has 0 radical (unpaired) electrons. The van der Waals surface area contributed by atoms with Crippen molar-refractivity contribution in [3.05, 3.63) is 52.6 Å². The number of nitrogens with one attached hydrogen (secondary N) is 1. The summed E-state index contributed by atoms with van der Waals surface area (Å²) in [6.45, 7) is 8.58. The van der Waals surface area contributed by atoms with Crippen molar-refractivity contribution in [2.45, 2.75) is 58.0 Å². The summed E-state index contributed by atoms with van der Waals surface area (Å²) in [7, 11) is -2.21. The molecule has 1 fully saturated rings. The molecule has 1 amide bonds. The Morgan fingerprint density at radius 3 is 2.44 bits per heavy atom. The van der Waals surface area contributed by atoms with Crippen LogP contribution >= 0.6 is 0 Å². The first-order chi connectivity index (χ1) is 15.2. The van der Waals surface area contributed by atoms with Crippen molar-refractivity contribution < 1.29 is 22.7 Å². The van der Waals surface area contributed by atoms with E-state index in [1.54, 1.807) is 27.0 Å². The second-order valence-corrected chi connectivity index (χ2v) is 9.97. The van der Waals surface area contributed by atoms with E-state index in [0.717, 1.165) is 11.1 Å². The van der Waals surface area contributed by atoms with Crippen molar-refractivity contribution in [3.63, 3.8) is 0 Å². The molecule has 1 atom stereocenters. The van der Waals surface area contributed by atoms with Gasteiger partial charge in [0.1, 0.15) is 6.04 Å². The highest BCUT2D eigenvalue weighted by atomic mass is 32.2. The topological polar surface area (TPSA) is 84.9 Å². The molecule has 1 unspecified atom stereocenters. The van der Waals surface area contributed by atoms with E-state index in [-0.39, 0.29) is 12.5 Å². The molecule has 32 heavy (non-hydrogen) atoms. The molecule has 2 aromatic carbocycles. The predicted molar refractivity (Wildman–Crippen MR) is 124 cm³/mol. The zero-order valence-corrected chi connectivity index (χ0v) is 20.2. The summed E-state index contributed by atoms with van der Waals surface area (Å²) in [6.07, 6.45) is 1.15. The van der Waals surface area contributed by atoms with Crippen LogP contribution in [0, 0.1) is 20.8 Å². The van der Waals surface area contributed by atoms with Crippen LogP contribution in [0.15, 0.2) is 35.2 Å². The fourth-order valence-corrected chi connectivity index (χ4v) is 6.46. The number of hydrogen-bond acceptors (Lipinski definition) is 5. The lowest BCUT2D eigenvalue weighted by Gasteiger charge is -2.25. The van der Waals surface area contributed by atoms with Gasteiger partial charge in [-0.25, -0.2) is 8.42 Å². The minimum Gasteiger partial charge on any atom is -0.493 e. The molecule has 7 nitrogen and oxygen atoms in total. The second kappa shape index (κ2) is 9.92. The number of carbonyl (C=O) groups is 1. The summed E-state index contributed by atoms with van der Waals surface area (Å²) in [5.41, 5.74) is 3.27. The molecule has 0 spiro atoms. The van der Waals surface area contributed by atoms with Gasteiger partial charge >= 0.3 is 0 Å². The zero-order chi connectivity index (χ0) is 23.5. The normalized spacial score (nSPS) is 16.7. The summed E-state index contributed by atoms with van der Waals surface area (Å²) >= 11 is 0. The van der Waals surface area contributed by atoms with Crippen LogP contribution in [0.4, 0.5) is 0 Å². The smallest absolute Gasteiger partial charge is 0.244 e. The molecule has 0 bridgehead atoms. The first-order valence-corrected chi connectivity index (χ1v) is 12.3. The monoisotopic (exact) mass is 460 g/mol. The number of amides is 1. The molecule has 1 aliphatic rings. The molecule has 2 aromatic rings. The van der Waals surface area contributed by atoms with E-state index in [0.29, 0.717) is 53.5 Å². The Morgan fingerprint density at radius 2 is 1.81 bits per heavy atom. The van der Waals surface area contributed by atoms with Crippen LogP contribution in [0.2, 0.25) is 0 Å². The van der Waals surface area contributed by atoms with Crippen molar-refractivity contribution in [3.8, 4) is 11.5 Å². The number of hydrogen-bond donors (Lipinski definition) is 1. The Balaban J connectivity index is 1.76. The highest BCUT2D eigenvalue weighted by molar-refractivity contribution is 7.89. The number of nitrogens with zero attached hydrogens (tertiary/aromatic N) is 1. The third kappa shape index (κ3) is 4.91. The fraction of sp³-hybridized carbons (Fsp3) is 0.458. The van der Waals surface area contributed by atoms with Gasteiger partial charge in [0, 0.05) is 13.1 Å². The molecule has 8 heteroatoms. The quantitative estimate of drug-likeness (QED) is 0.652. The van der Waals surface area contributed by atoms with E-state index >= 15 is 0 Å². The van der Waals surface area contributed by atoms with E-state index in [4.69, 9.17) is 9.47 Å². The molecule has 0 aliphatic carbocycles. The summed E-state index contributed by atoms with van der Waals surface area (Å²) in [4.78, 5) is 13.3. The molecule has 3 rings (SSSR count). The summed E-state index contributed by atoms with van der Waals surface area (Å²) in [5, 5.41) is 2.89. The first kappa shape index (κ1) is 24.1. The average molecular weight is 461 g/mol. The lowest BCUT2D eigenvalue weighted by atomic mass is 10.1. The molecular formula is C24H32N2O5S. The Hall–Kier alpha value is -2.58. The number of carbonyl (C=O) groups excluding carboxylic acids is 1. The van der Waals surface area contributed by atoms with E-state index in [9.17, 15) is 13.2 Å². The molecule has 1 aliphatic heterocycles. The van der Waals surface area contributed by atoms with Gasteiger partial charge in [0.2, 0.25) is 15.9 Å². The van der Waals surface area contributed by atoms with Crippen LogP contribution in [-0.2, 0) is 21.4 Å². The van der Waals surface area contributed by atoms with Crippen LogP contribution in [0.25, 0.3) is 0 Å². The predicted octanol–water partition coefficient (Wildman–Crippen LogP) is 3.49. The van der Waals surface area contributed by atoms with Gasteiger partial charge in [-0.15, -0.1) is 0 Å². The average Bonchev–Trinajstić information content (AvgIpc) is 3.23. The lowest BCUT2D eigenvalue weighted by molar-refractivity contribution is -0.124. The number of rotatable bonds is 8. The third-order valence-corrected chi connectivity index (χ3v) is 7.89. The van der Waals surface area contributed by atoms with E-state index in [2.05, 4.69) is 5.32 Å². The lowest BCUT2D eigenvalue weighted by Crippen LogP contribution is -2.45. The number of benzene rings is 2. The van der Waals surface area contributed by atoms with Gasteiger partial charge in [-0.2, -0.15) is 4.31 Å². The second-order valence-electron chi connectivity index (χ2n) is 8.14. The summed E-state index contributed by atoms with van der Waals surface area (Å²) in [5.74, 6) is 0.942. The maximum absolute atomic E-state index is 13.5. The summed E-state index contributed by atoms with van der Waals surface area (Å²) < 4.78 is 39.2. The maximum atomic E-state index is 13.5. The first-order valence-electron chi connectivity index (χ1n) is 10.9. The Labute approximate surface area is 190 Å². The van der Waals surface area contributed by atoms with Gasteiger partial charge in [0.25, 0.3) is 0 Å². The van der Waals surface area contributed by atoms with Gasteiger partial charge in [-0.1, -0.05) is 23.8 Å². The molecule has 1 saturated heterocycles. The Kier molecular flexibility index (Phi) is 7.46. The van der Waals surface area contributed by atoms with Crippen LogP contribution in [0.1, 0.15) is 42.0 Å². The minimum absolute atomic E-state index is 0.272. The summed E-state index contributed by atoms with van der Waals surface area (Å²) in [6, 6.07) is 8.49. The van der Waals surface area contributed by atoms with Crippen molar-refractivity contribution in [2.75, 3.05) is 20.3 Å². The third-order valence-electron chi connectivity index (χ3n) is 5.67. The highest BCUT2D eigenvalue weighted by Gasteiger charge is 2.40. The van der Waals surface area contributed by atoms with E-state index in [1.807, 2.05) is 38.1 Å². The fourth-order valence-electron chi connectivity index (χ4n) is 4.38. The highest BCUT2D eigenvalue weighted by Crippen LogP contribution is 2.31. The van der Waals surface area contributed by atoms with Crippen LogP contribution in [0.5, 0.6) is 11.5 Å². The zero-order valence-electron chi connectivity index (χ0n) is 19.4. The van der Waals surface area contributed by atoms with Gasteiger partial charge < -0.3 is 14.8 Å². The van der Waals surface area contributed by atoms with Crippen molar-refractivity contribution in [2.24, 2.45) is 0 Å². The largest absolute Gasteiger partial charge is 0.493 e. The van der Waals surface area contributed by atoms with Crippen molar-refractivity contribution in [1.29, 1.82) is 0 Å². The Morgan fingerprint density at radius 1 is 1.12 bits per heavy atom.